The Hall–Kier alpha value is -3.23. The summed E-state index contributed by atoms with van der Waals surface area (Å²) in [7, 11) is -1.83. The van der Waals surface area contributed by atoms with E-state index in [-0.39, 0.29) is 37.5 Å². The highest BCUT2D eigenvalue weighted by atomic mass is 32.2. The molecule has 2 fully saturated rings. The summed E-state index contributed by atoms with van der Waals surface area (Å²) in [5, 5.41) is 25.1. The van der Waals surface area contributed by atoms with Gasteiger partial charge in [-0.25, -0.2) is 8.42 Å². The van der Waals surface area contributed by atoms with Crippen LogP contribution < -0.4 is 5.32 Å². The predicted octanol–water partition coefficient (Wildman–Crippen LogP) is 0.691. The van der Waals surface area contributed by atoms with Crippen molar-refractivity contribution in [2.75, 3.05) is 13.1 Å². The molecule has 35 heavy (non-hydrogen) atoms. The third kappa shape index (κ3) is 4.00. The van der Waals surface area contributed by atoms with Gasteiger partial charge in [-0.15, -0.1) is 0 Å². The van der Waals surface area contributed by atoms with Crippen molar-refractivity contribution in [2.45, 2.75) is 54.7 Å². The zero-order valence-corrected chi connectivity index (χ0v) is 20.2. The largest absolute Gasteiger partial charge is 0.393 e. The average molecular weight is 498 g/mol. The third-order valence-electron chi connectivity index (χ3n) is 7.42. The third-order valence-corrected chi connectivity index (χ3v) is 10.4. The molecule has 2 amide bonds. The number of hydrogen-bond acceptors (Lipinski definition) is 7. The van der Waals surface area contributed by atoms with Gasteiger partial charge in [-0.1, -0.05) is 12.1 Å². The lowest BCUT2D eigenvalue weighted by atomic mass is 9.96. The number of sulfone groups is 1. The lowest BCUT2D eigenvalue weighted by Gasteiger charge is -2.36. The van der Waals surface area contributed by atoms with Crippen molar-refractivity contribution in [3.05, 3.63) is 52.3 Å². The monoisotopic (exact) mass is 497 g/mol. The summed E-state index contributed by atoms with van der Waals surface area (Å²) in [5.74, 6) is -0.709. The molecule has 1 aromatic heterocycles. The molecule has 0 bridgehead atoms. The Balaban J connectivity index is 1.29. The highest BCUT2D eigenvalue weighted by Crippen LogP contribution is 2.49. The van der Waals surface area contributed by atoms with Crippen LogP contribution in [0.2, 0.25) is 0 Å². The van der Waals surface area contributed by atoms with E-state index in [1.54, 1.807) is 36.2 Å². The molecule has 0 atom stereocenters. The highest BCUT2D eigenvalue weighted by Gasteiger charge is 2.60. The number of aryl methyl sites for hydroxylation is 1. The molecule has 1 aliphatic heterocycles. The number of aromatic nitrogens is 2. The number of aliphatic hydroxyl groups is 1. The molecule has 2 heterocycles. The number of amides is 2. The van der Waals surface area contributed by atoms with Gasteiger partial charge in [0.05, 0.1) is 27.7 Å². The first kappa shape index (κ1) is 23.5. The molecule has 2 saturated carbocycles. The van der Waals surface area contributed by atoms with Gasteiger partial charge in [-0.3, -0.25) is 14.3 Å². The summed E-state index contributed by atoms with van der Waals surface area (Å²) in [6.45, 7) is 0.704. The van der Waals surface area contributed by atoms with Crippen molar-refractivity contribution in [1.82, 2.24) is 20.0 Å². The smallest absolute Gasteiger partial charge is 0.272 e. The number of nitriles is 1. The molecule has 10 nitrogen and oxygen atoms in total. The summed E-state index contributed by atoms with van der Waals surface area (Å²) < 4.78 is 26.7. The van der Waals surface area contributed by atoms with Crippen molar-refractivity contribution in [2.24, 2.45) is 7.05 Å². The Bertz CT molecular complexity index is 1330. The molecule has 2 N–H and O–H groups in total. The van der Waals surface area contributed by atoms with Crippen LogP contribution in [-0.2, 0) is 29.9 Å². The Morgan fingerprint density at radius 1 is 1.29 bits per heavy atom. The summed E-state index contributed by atoms with van der Waals surface area (Å²) in [6, 6.07) is 8.93. The highest BCUT2D eigenvalue weighted by molar-refractivity contribution is 7.93. The molecule has 184 valence electrons. The van der Waals surface area contributed by atoms with Crippen LogP contribution in [0.4, 0.5) is 0 Å². The molecule has 3 aliphatic rings. The van der Waals surface area contributed by atoms with E-state index in [4.69, 9.17) is 5.26 Å². The van der Waals surface area contributed by atoms with Crippen LogP contribution in [-0.4, -0.2) is 69.2 Å². The summed E-state index contributed by atoms with van der Waals surface area (Å²) in [6.07, 6.45) is 1.43. The lowest BCUT2D eigenvalue weighted by molar-refractivity contribution is 0.0721. The first-order valence-corrected chi connectivity index (χ1v) is 13.2. The standard InChI is InChI=1S/C24H27N5O5S/c1-28-21-19(20(27-28)22(31)26-13-16-4-2-15(12-25)3-5-16)6-9-29(23(21)32)14-24(7-8-24)35(33,34)18-10-17(30)11-18/h2-5,17-18,30H,6-11,13-14H2,1H3,(H,26,31)/t17-,18+. The van der Waals surface area contributed by atoms with E-state index in [9.17, 15) is 23.1 Å². The zero-order valence-electron chi connectivity index (χ0n) is 19.4. The van der Waals surface area contributed by atoms with Crippen molar-refractivity contribution >= 4 is 21.7 Å². The molecule has 11 heteroatoms. The SMILES string of the molecule is Cn1nc(C(=O)NCc2ccc(C#N)cc2)c2c1C(=O)N(CC1(S(=O)(=O)[C@H]3C[C@@H](O)C3)CC1)CC2. The molecular formula is C24H27N5O5S. The zero-order chi connectivity index (χ0) is 25.0. The number of fused-ring (bicyclic) bond motifs is 1. The topological polar surface area (TPSA) is 145 Å². The van der Waals surface area contributed by atoms with E-state index in [0.717, 1.165) is 5.56 Å². The van der Waals surface area contributed by atoms with Gasteiger partial charge in [0.1, 0.15) is 5.69 Å². The van der Waals surface area contributed by atoms with Gasteiger partial charge in [-0.2, -0.15) is 10.4 Å². The van der Waals surface area contributed by atoms with Gasteiger partial charge in [0, 0.05) is 32.2 Å². The van der Waals surface area contributed by atoms with Gasteiger partial charge in [0.25, 0.3) is 11.8 Å². The minimum absolute atomic E-state index is 0.131. The molecule has 0 spiro atoms. The lowest BCUT2D eigenvalue weighted by Crippen LogP contribution is -2.51. The summed E-state index contributed by atoms with van der Waals surface area (Å²) in [5.41, 5.74) is 2.45. The van der Waals surface area contributed by atoms with Crippen LogP contribution in [0.3, 0.4) is 0 Å². The second kappa shape index (κ2) is 8.46. The first-order valence-electron chi connectivity index (χ1n) is 11.7. The van der Waals surface area contributed by atoms with Crippen molar-refractivity contribution in [1.29, 1.82) is 5.26 Å². The number of carbonyl (C=O) groups excluding carboxylic acids is 2. The van der Waals surface area contributed by atoms with E-state index >= 15 is 0 Å². The molecule has 2 aliphatic carbocycles. The van der Waals surface area contributed by atoms with Gasteiger partial charge in [0.15, 0.2) is 15.5 Å². The van der Waals surface area contributed by atoms with E-state index < -0.39 is 31.8 Å². The fourth-order valence-corrected chi connectivity index (χ4v) is 7.70. The molecular weight excluding hydrogens is 470 g/mol. The van der Waals surface area contributed by atoms with Crippen LogP contribution in [0.15, 0.2) is 24.3 Å². The normalized spacial score (nSPS) is 22.7. The Morgan fingerprint density at radius 3 is 2.57 bits per heavy atom. The summed E-state index contributed by atoms with van der Waals surface area (Å²) in [4.78, 5) is 27.8. The fourth-order valence-electron chi connectivity index (χ4n) is 5.03. The minimum Gasteiger partial charge on any atom is -0.393 e. The Kier molecular flexibility index (Phi) is 5.68. The van der Waals surface area contributed by atoms with E-state index in [0.29, 0.717) is 42.6 Å². The molecule has 5 rings (SSSR count). The van der Waals surface area contributed by atoms with E-state index in [1.807, 2.05) is 6.07 Å². The quantitative estimate of drug-likeness (QED) is 0.572. The first-order chi connectivity index (χ1) is 16.6. The number of nitrogens with zero attached hydrogens (tertiary/aromatic N) is 4. The number of hydrogen-bond donors (Lipinski definition) is 2. The maximum absolute atomic E-state index is 13.3. The molecule has 0 radical (unpaired) electrons. The average Bonchev–Trinajstić information content (AvgIpc) is 3.54. The van der Waals surface area contributed by atoms with E-state index in [1.165, 1.54) is 4.68 Å². The number of benzene rings is 1. The van der Waals surface area contributed by atoms with Crippen LogP contribution in [0.5, 0.6) is 0 Å². The molecule has 1 aromatic carbocycles. The number of nitrogens with one attached hydrogen (secondary N) is 1. The van der Waals surface area contributed by atoms with Crippen molar-refractivity contribution in [3.63, 3.8) is 0 Å². The van der Waals surface area contributed by atoms with Gasteiger partial charge >= 0.3 is 0 Å². The maximum Gasteiger partial charge on any atom is 0.272 e. The molecule has 2 aromatic rings. The van der Waals surface area contributed by atoms with Crippen molar-refractivity contribution < 1.29 is 23.1 Å². The van der Waals surface area contributed by atoms with Crippen LogP contribution >= 0.6 is 0 Å². The fraction of sp³-hybridized carbons (Fsp3) is 0.500. The van der Waals surface area contributed by atoms with Gasteiger partial charge < -0.3 is 15.3 Å². The number of carbonyl (C=O) groups is 2. The van der Waals surface area contributed by atoms with Gasteiger partial charge in [0.2, 0.25) is 0 Å². The second-order valence-corrected chi connectivity index (χ2v) is 12.4. The predicted molar refractivity (Wildman–Crippen MR) is 125 cm³/mol. The van der Waals surface area contributed by atoms with Crippen molar-refractivity contribution in [3.8, 4) is 6.07 Å². The van der Waals surface area contributed by atoms with Crippen LogP contribution in [0, 0.1) is 11.3 Å². The maximum atomic E-state index is 13.3. The number of aliphatic hydroxyl groups excluding tert-OH is 1. The summed E-state index contributed by atoms with van der Waals surface area (Å²) >= 11 is 0. The van der Waals surface area contributed by atoms with Crippen LogP contribution in [0.1, 0.15) is 63.4 Å². The van der Waals surface area contributed by atoms with Crippen LogP contribution in [0.25, 0.3) is 0 Å². The number of rotatable bonds is 7. The molecule has 0 saturated heterocycles. The molecule has 0 unspecified atom stereocenters. The van der Waals surface area contributed by atoms with Gasteiger partial charge in [-0.05, 0) is 49.8 Å². The minimum atomic E-state index is -3.44. The Morgan fingerprint density at radius 2 is 1.97 bits per heavy atom. The second-order valence-electron chi connectivity index (χ2n) is 9.74. The van der Waals surface area contributed by atoms with E-state index in [2.05, 4.69) is 10.4 Å². The Labute approximate surface area is 203 Å².